The quantitative estimate of drug-likeness (QED) is 0.350. The zero-order chi connectivity index (χ0) is 9.40. The van der Waals surface area contributed by atoms with Crippen LogP contribution in [-0.2, 0) is 14.3 Å². The highest BCUT2D eigenvalue weighted by Crippen LogP contribution is 1.89. The first-order valence-corrected chi connectivity index (χ1v) is 3.46. The molecular weight excluding hydrogens is 158 g/mol. The Morgan fingerprint density at radius 1 is 1.67 bits per heavy atom. The normalized spacial score (nSPS) is 9.42. The van der Waals surface area contributed by atoms with Crippen molar-refractivity contribution < 1.29 is 14.3 Å². The number of hydrogen-bond acceptors (Lipinski definition) is 3. The average molecular weight is 169 g/mol. The Morgan fingerprint density at radius 3 is 2.75 bits per heavy atom. The van der Waals surface area contributed by atoms with Gasteiger partial charge in [0.05, 0.1) is 0 Å². The van der Waals surface area contributed by atoms with E-state index in [4.69, 9.17) is 0 Å². The Hall–Kier alpha value is -1.58. The van der Waals surface area contributed by atoms with Crippen LogP contribution in [0.15, 0.2) is 25.2 Å². The van der Waals surface area contributed by atoms with Crippen LogP contribution >= 0.6 is 0 Å². The summed E-state index contributed by atoms with van der Waals surface area (Å²) in [5.74, 6) is -0.346. The minimum absolute atomic E-state index is 0.305. The molecule has 0 saturated heterocycles. The molecular formula is C8H11NO3. The van der Waals surface area contributed by atoms with Crippen molar-refractivity contribution in [2.75, 3.05) is 0 Å². The minimum Gasteiger partial charge on any atom is -0.433 e. The molecule has 0 aliphatic heterocycles. The Morgan fingerprint density at radius 2 is 2.33 bits per heavy atom. The lowest BCUT2D eigenvalue weighted by Crippen LogP contribution is -2.05. The Balaban J connectivity index is 3.81. The third-order valence-electron chi connectivity index (χ3n) is 1.05. The molecule has 1 amide bonds. The molecule has 0 aromatic rings. The summed E-state index contributed by atoms with van der Waals surface area (Å²) in [6.07, 6.45) is 4.58. The standard InChI is InChI=1S/C8H11NO3/c1-3-8(11)12-6-5-9(4-2)7-10/h4-7H,2-3H2,1H3. The van der Waals surface area contributed by atoms with E-state index in [-0.39, 0.29) is 5.97 Å². The second-order valence-electron chi connectivity index (χ2n) is 1.86. The van der Waals surface area contributed by atoms with Crippen molar-refractivity contribution >= 4 is 12.4 Å². The average Bonchev–Trinajstić information content (AvgIpc) is 2.12. The van der Waals surface area contributed by atoms with E-state index in [0.29, 0.717) is 12.8 Å². The molecule has 0 spiro atoms. The van der Waals surface area contributed by atoms with Gasteiger partial charge in [0.1, 0.15) is 6.26 Å². The molecule has 0 bridgehead atoms. The van der Waals surface area contributed by atoms with Gasteiger partial charge in [-0.2, -0.15) is 0 Å². The maximum Gasteiger partial charge on any atom is 0.310 e. The lowest BCUT2D eigenvalue weighted by Gasteiger charge is -2.02. The van der Waals surface area contributed by atoms with Crippen LogP contribution in [0.25, 0.3) is 0 Å². The number of esters is 1. The molecule has 12 heavy (non-hydrogen) atoms. The maximum atomic E-state index is 10.6. The number of carbonyl (C=O) groups excluding carboxylic acids is 2. The Labute approximate surface area is 71.1 Å². The summed E-state index contributed by atoms with van der Waals surface area (Å²) in [5, 5.41) is 0. The molecule has 4 nitrogen and oxygen atoms in total. The Bertz CT molecular complexity index is 190. The lowest BCUT2D eigenvalue weighted by molar-refractivity contribution is -0.137. The van der Waals surface area contributed by atoms with Crippen molar-refractivity contribution in [2.24, 2.45) is 0 Å². The third kappa shape index (κ3) is 4.27. The maximum absolute atomic E-state index is 10.6. The molecule has 66 valence electrons. The minimum atomic E-state index is -0.346. The van der Waals surface area contributed by atoms with E-state index in [1.807, 2.05) is 0 Å². The van der Waals surface area contributed by atoms with Crippen LogP contribution in [0.5, 0.6) is 0 Å². The molecule has 0 rings (SSSR count). The SMILES string of the molecule is C=CN(C=O)C=COC(=O)CC. The van der Waals surface area contributed by atoms with Crippen molar-refractivity contribution in [1.82, 2.24) is 4.90 Å². The summed E-state index contributed by atoms with van der Waals surface area (Å²) < 4.78 is 4.56. The molecule has 0 aromatic carbocycles. The first-order valence-electron chi connectivity index (χ1n) is 3.46. The molecule has 0 heterocycles. The highest BCUT2D eigenvalue weighted by molar-refractivity contribution is 5.69. The number of nitrogens with zero attached hydrogens (tertiary/aromatic N) is 1. The van der Waals surface area contributed by atoms with E-state index in [9.17, 15) is 9.59 Å². The summed E-state index contributed by atoms with van der Waals surface area (Å²) in [6, 6.07) is 0. The molecule has 4 heteroatoms. The fraction of sp³-hybridized carbons (Fsp3) is 0.250. The Kier molecular flexibility index (Phi) is 5.34. The summed E-state index contributed by atoms with van der Waals surface area (Å²) in [5.41, 5.74) is 0. The van der Waals surface area contributed by atoms with Crippen LogP contribution < -0.4 is 0 Å². The molecule has 0 saturated carbocycles. The zero-order valence-corrected chi connectivity index (χ0v) is 6.90. The summed E-state index contributed by atoms with van der Waals surface area (Å²) in [4.78, 5) is 21.8. The number of ether oxygens (including phenoxy) is 1. The van der Waals surface area contributed by atoms with Gasteiger partial charge in [0.25, 0.3) is 0 Å². The number of amides is 1. The van der Waals surface area contributed by atoms with Gasteiger partial charge in [0, 0.05) is 18.8 Å². The van der Waals surface area contributed by atoms with Gasteiger partial charge < -0.3 is 4.74 Å². The predicted molar refractivity (Wildman–Crippen MR) is 43.6 cm³/mol. The molecule has 0 fully saturated rings. The van der Waals surface area contributed by atoms with E-state index < -0.39 is 0 Å². The van der Waals surface area contributed by atoms with Crippen LogP contribution in [0.2, 0.25) is 0 Å². The number of carbonyl (C=O) groups is 2. The summed E-state index contributed by atoms with van der Waals surface area (Å²) in [7, 11) is 0. The molecule has 0 unspecified atom stereocenters. The molecule has 0 atom stereocenters. The fourth-order valence-electron chi connectivity index (χ4n) is 0.399. The van der Waals surface area contributed by atoms with E-state index in [0.717, 1.165) is 11.2 Å². The largest absolute Gasteiger partial charge is 0.433 e. The van der Waals surface area contributed by atoms with Crippen LogP contribution in [0.4, 0.5) is 0 Å². The van der Waals surface area contributed by atoms with Gasteiger partial charge in [-0.1, -0.05) is 13.5 Å². The van der Waals surface area contributed by atoms with Crippen LogP contribution in [0.1, 0.15) is 13.3 Å². The molecule has 0 aliphatic rings. The van der Waals surface area contributed by atoms with Gasteiger partial charge in [-0.15, -0.1) is 0 Å². The zero-order valence-electron chi connectivity index (χ0n) is 6.90. The smallest absolute Gasteiger partial charge is 0.310 e. The van der Waals surface area contributed by atoms with Gasteiger partial charge in [0.15, 0.2) is 0 Å². The van der Waals surface area contributed by atoms with Crippen LogP contribution in [0.3, 0.4) is 0 Å². The lowest BCUT2D eigenvalue weighted by atomic mass is 10.5. The van der Waals surface area contributed by atoms with E-state index in [1.54, 1.807) is 6.92 Å². The highest BCUT2D eigenvalue weighted by atomic mass is 16.5. The predicted octanol–water partition coefficient (Wildman–Crippen LogP) is 1.01. The molecule has 0 N–H and O–H groups in total. The first-order chi connectivity index (χ1) is 5.74. The van der Waals surface area contributed by atoms with E-state index in [2.05, 4.69) is 11.3 Å². The second-order valence-corrected chi connectivity index (χ2v) is 1.86. The van der Waals surface area contributed by atoms with Crippen molar-refractivity contribution in [3.63, 3.8) is 0 Å². The number of hydrogen-bond donors (Lipinski definition) is 0. The van der Waals surface area contributed by atoms with Gasteiger partial charge in [0.2, 0.25) is 6.41 Å². The van der Waals surface area contributed by atoms with Crippen molar-refractivity contribution in [2.45, 2.75) is 13.3 Å². The van der Waals surface area contributed by atoms with Crippen molar-refractivity contribution in [1.29, 1.82) is 0 Å². The summed E-state index contributed by atoms with van der Waals surface area (Å²) in [6.45, 7) is 5.03. The summed E-state index contributed by atoms with van der Waals surface area (Å²) >= 11 is 0. The molecule has 0 radical (unpaired) electrons. The topological polar surface area (TPSA) is 46.6 Å². The third-order valence-corrected chi connectivity index (χ3v) is 1.05. The number of rotatable bonds is 5. The van der Waals surface area contributed by atoms with E-state index >= 15 is 0 Å². The fourth-order valence-corrected chi connectivity index (χ4v) is 0.399. The molecule has 0 aliphatic carbocycles. The molecule has 0 aromatic heterocycles. The van der Waals surface area contributed by atoms with Crippen molar-refractivity contribution in [3.8, 4) is 0 Å². The van der Waals surface area contributed by atoms with Gasteiger partial charge in [-0.05, 0) is 0 Å². The van der Waals surface area contributed by atoms with Gasteiger partial charge in [-0.3, -0.25) is 14.5 Å². The van der Waals surface area contributed by atoms with Crippen molar-refractivity contribution in [3.05, 3.63) is 25.2 Å². The monoisotopic (exact) mass is 169 g/mol. The van der Waals surface area contributed by atoms with Gasteiger partial charge in [-0.25, -0.2) is 0 Å². The van der Waals surface area contributed by atoms with Crippen LogP contribution in [-0.4, -0.2) is 17.3 Å². The highest BCUT2D eigenvalue weighted by Gasteiger charge is 1.93. The van der Waals surface area contributed by atoms with Crippen LogP contribution in [0, 0.1) is 0 Å². The van der Waals surface area contributed by atoms with E-state index in [1.165, 1.54) is 12.4 Å². The first kappa shape index (κ1) is 10.4. The van der Waals surface area contributed by atoms with Gasteiger partial charge >= 0.3 is 5.97 Å². The second kappa shape index (κ2) is 6.15.